The molecule has 0 bridgehead atoms. The van der Waals surface area contributed by atoms with Gasteiger partial charge in [0.05, 0.1) is 6.20 Å². The molecule has 0 saturated carbocycles. The number of aryl methyl sites for hydroxylation is 1. The van der Waals surface area contributed by atoms with Gasteiger partial charge in [0.2, 0.25) is 5.91 Å². The van der Waals surface area contributed by atoms with Gasteiger partial charge in [-0.25, -0.2) is 5.90 Å². The van der Waals surface area contributed by atoms with E-state index in [-0.39, 0.29) is 12.5 Å². The first-order valence-electron chi connectivity index (χ1n) is 5.21. The Morgan fingerprint density at radius 2 is 2.25 bits per heavy atom. The molecule has 0 saturated heterocycles. The predicted octanol–water partition coefficient (Wildman–Crippen LogP) is -0.286. The van der Waals surface area contributed by atoms with Gasteiger partial charge < -0.3 is 5.73 Å². The fraction of sp³-hybridized carbons (Fsp3) is 0.667. The van der Waals surface area contributed by atoms with Gasteiger partial charge in [-0.3, -0.25) is 14.3 Å². The van der Waals surface area contributed by atoms with Crippen LogP contribution < -0.4 is 11.6 Å². The largest absolute Gasteiger partial charge is 0.370 e. The lowest BCUT2D eigenvalue weighted by molar-refractivity contribution is -0.118. The number of carbonyl (C=O) groups excluding carboxylic acids is 1. The van der Waals surface area contributed by atoms with Crippen molar-refractivity contribution in [2.24, 2.45) is 11.6 Å². The van der Waals surface area contributed by atoms with Crippen LogP contribution in [0.25, 0.3) is 0 Å². The molecule has 0 radical (unpaired) electrons. The van der Waals surface area contributed by atoms with Gasteiger partial charge in [0.25, 0.3) is 0 Å². The fourth-order valence-electron chi connectivity index (χ4n) is 1.35. The zero-order valence-corrected chi connectivity index (χ0v) is 9.13. The molecule has 0 aliphatic heterocycles. The van der Waals surface area contributed by atoms with Crippen molar-refractivity contribution in [3.63, 3.8) is 0 Å². The van der Waals surface area contributed by atoms with Crippen molar-refractivity contribution in [1.29, 1.82) is 0 Å². The molecule has 0 atom stereocenters. The van der Waals surface area contributed by atoms with E-state index in [2.05, 4.69) is 15.1 Å². The van der Waals surface area contributed by atoms with Gasteiger partial charge in [0.1, 0.15) is 12.3 Å². The molecule has 0 fully saturated rings. The highest BCUT2D eigenvalue weighted by Gasteiger charge is 2.00. The highest BCUT2D eigenvalue weighted by molar-refractivity contribution is 5.73. The van der Waals surface area contributed by atoms with E-state index in [1.54, 1.807) is 10.9 Å². The maximum absolute atomic E-state index is 10.5. The average molecular weight is 227 g/mol. The topological polar surface area (TPSA) is 109 Å². The quantitative estimate of drug-likeness (QED) is 0.468. The number of unbranched alkanes of at least 4 members (excludes halogenated alkanes) is 2. The third-order valence-electron chi connectivity index (χ3n) is 2.13. The van der Waals surface area contributed by atoms with Crippen LogP contribution in [0.5, 0.6) is 0 Å². The van der Waals surface area contributed by atoms with Crippen LogP contribution >= 0.6 is 0 Å². The minimum absolute atomic E-state index is 0.247. The van der Waals surface area contributed by atoms with E-state index < -0.39 is 0 Å². The predicted molar refractivity (Wildman–Crippen MR) is 56.7 cm³/mol. The van der Waals surface area contributed by atoms with Crippen molar-refractivity contribution in [1.82, 2.24) is 15.0 Å². The number of nitrogens with zero attached hydrogens (tertiary/aromatic N) is 3. The molecule has 1 aromatic heterocycles. The van der Waals surface area contributed by atoms with Gasteiger partial charge in [-0.1, -0.05) is 11.6 Å². The lowest BCUT2D eigenvalue weighted by Crippen LogP contribution is -2.09. The molecule has 7 heteroatoms. The van der Waals surface area contributed by atoms with Gasteiger partial charge in [-0.15, -0.1) is 5.10 Å². The van der Waals surface area contributed by atoms with Crippen LogP contribution in [0.2, 0.25) is 0 Å². The maximum atomic E-state index is 10.5. The number of rotatable bonds is 8. The van der Waals surface area contributed by atoms with E-state index >= 15 is 0 Å². The number of aromatic nitrogens is 3. The number of carbonyl (C=O) groups is 1. The number of primary amides is 1. The summed E-state index contributed by atoms with van der Waals surface area (Å²) in [5.41, 5.74) is 5.74. The molecule has 0 spiro atoms. The first-order chi connectivity index (χ1) is 7.72. The highest BCUT2D eigenvalue weighted by Crippen LogP contribution is 2.02. The Balaban J connectivity index is 2.14. The molecular formula is C9H17N5O2. The second-order valence-corrected chi connectivity index (χ2v) is 3.56. The van der Waals surface area contributed by atoms with Gasteiger partial charge in [0.15, 0.2) is 0 Å². The molecule has 1 amide bonds. The number of amides is 1. The zero-order valence-electron chi connectivity index (χ0n) is 9.13. The lowest BCUT2D eigenvalue weighted by Gasteiger charge is -1.99. The first-order valence-corrected chi connectivity index (χ1v) is 5.21. The third-order valence-corrected chi connectivity index (χ3v) is 2.13. The number of hydrogen-bond donors (Lipinski definition) is 2. The van der Waals surface area contributed by atoms with E-state index in [1.165, 1.54) is 0 Å². The Morgan fingerprint density at radius 3 is 2.94 bits per heavy atom. The summed E-state index contributed by atoms with van der Waals surface area (Å²) in [4.78, 5) is 14.9. The molecule has 7 nitrogen and oxygen atoms in total. The average Bonchev–Trinajstić information content (AvgIpc) is 2.65. The summed E-state index contributed by atoms with van der Waals surface area (Å²) in [6, 6.07) is 0. The van der Waals surface area contributed by atoms with Gasteiger partial charge >= 0.3 is 0 Å². The number of hydrogen-bond acceptors (Lipinski definition) is 5. The third kappa shape index (κ3) is 4.85. The smallest absolute Gasteiger partial charge is 0.217 e. The van der Waals surface area contributed by atoms with Crippen molar-refractivity contribution in [3.8, 4) is 0 Å². The summed E-state index contributed by atoms with van der Waals surface area (Å²) >= 11 is 0. The summed E-state index contributed by atoms with van der Waals surface area (Å²) in [7, 11) is 0. The van der Waals surface area contributed by atoms with Gasteiger partial charge in [-0.05, 0) is 12.8 Å². The van der Waals surface area contributed by atoms with E-state index in [1.807, 2.05) is 0 Å². The van der Waals surface area contributed by atoms with Crippen LogP contribution in [0.4, 0.5) is 0 Å². The van der Waals surface area contributed by atoms with Crippen LogP contribution in [0, 0.1) is 0 Å². The molecule has 0 aliphatic rings. The monoisotopic (exact) mass is 227 g/mol. The molecule has 4 N–H and O–H groups in total. The molecule has 16 heavy (non-hydrogen) atoms. The van der Waals surface area contributed by atoms with Crippen molar-refractivity contribution in [2.45, 2.75) is 38.8 Å². The Kier molecular flexibility index (Phi) is 5.44. The highest BCUT2D eigenvalue weighted by atomic mass is 16.6. The Hall–Kier alpha value is -1.47. The Bertz CT molecular complexity index is 325. The fourth-order valence-corrected chi connectivity index (χ4v) is 1.35. The Morgan fingerprint density at radius 1 is 1.44 bits per heavy atom. The molecule has 1 aromatic rings. The minimum atomic E-state index is -0.247. The van der Waals surface area contributed by atoms with Gasteiger partial charge in [0, 0.05) is 13.0 Å². The summed E-state index contributed by atoms with van der Waals surface area (Å²) in [6.07, 6.45) is 4.96. The van der Waals surface area contributed by atoms with Crippen LogP contribution in [0.3, 0.4) is 0 Å². The normalized spacial score (nSPS) is 10.6. The maximum Gasteiger partial charge on any atom is 0.217 e. The summed E-state index contributed by atoms with van der Waals surface area (Å²) in [5.74, 6) is 4.67. The SMILES string of the molecule is NOCc1cn(CCCCCC(N)=O)nn1. The zero-order chi connectivity index (χ0) is 11.8. The van der Waals surface area contributed by atoms with Crippen LogP contribution in [0.1, 0.15) is 31.4 Å². The molecule has 90 valence electrons. The lowest BCUT2D eigenvalue weighted by atomic mass is 10.2. The minimum Gasteiger partial charge on any atom is -0.370 e. The van der Waals surface area contributed by atoms with E-state index in [0.29, 0.717) is 12.1 Å². The molecule has 1 rings (SSSR count). The molecule has 1 heterocycles. The molecule has 0 aliphatic carbocycles. The standard InChI is InChI=1S/C9H17N5O2/c10-9(15)4-2-1-3-5-14-6-8(7-16-11)12-13-14/h6H,1-5,7,11H2,(H2,10,15). The van der Waals surface area contributed by atoms with Crippen molar-refractivity contribution in [3.05, 3.63) is 11.9 Å². The molecular weight excluding hydrogens is 210 g/mol. The van der Waals surface area contributed by atoms with Crippen molar-refractivity contribution < 1.29 is 9.63 Å². The second-order valence-electron chi connectivity index (χ2n) is 3.56. The summed E-state index contributed by atoms with van der Waals surface area (Å²) in [6.45, 7) is 1.04. The molecule has 0 aromatic carbocycles. The Labute approximate surface area is 93.7 Å². The summed E-state index contributed by atoms with van der Waals surface area (Å²) < 4.78 is 1.73. The van der Waals surface area contributed by atoms with Crippen LogP contribution in [-0.2, 0) is 22.8 Å². The van der Waals surface area contributed by atoms with E-state index in [9.17, 15) is 4.79 Å². The van der Waals surface area contributed by atoms with Crippen molar-refractivity contribution in [2.75, 3.05) is 0 Å². The van der Waals surface area contributed by atoms with Gasteiger partial charge in [-0.2, -0.15) is 0 Å². The first kappa shape index (κ1) is 12.6. The second kappa shape index (κ2) is 6.91. The van der Waals surface area contributed by atoms with E-state index in [0.717, 1.165) is 25.8 Å². The van der Waals surface area contributed by atoms with Crippen LogP contribution in [-0.4, -0.2) is 20.9 Å². The van der Waals surface area contributed by atoms with Crippen molar-refractivity contribution >= 4 is 5.91 Å². The summed E-state index contributed by atoms with van der Waals surface area (Å²) in [5, 5.41) is 7.77. The number of nitrogens with two attached hydrogens (primary N) is 2. The van der Waals surface area contributed by atoms with E-state index in [4.69, 9.17) is 11.6 Å². The van der Waals surface area contributed by atoms with Crippen LogP contribution in [0.15, 0.2) is 6.20 Å². The molecule has 0 unspecified atom stereocenters.